The zero-order chi connectivity index (χ0) is 24.0. The number of carbonyl (C=O) groups excluding carboxylic acids is 2. The molecule has 3 rings (SSSR count). The molecule has 0 saturated carbocycles. The number of hydrogen-bond donors (Lipinski definition) is 0. The van der Waals surface area contributed by atoms with E-state index in [2.05, 4.69) is 4.99 Å². The minimum Gasteiger partial charge on any atom is -0.490 e. The van der Waals surface area contributed by atoms with Gasteiger partial charge in [0.05, 0.1) is 17.6 Å². The zero-order valence-corrected chi connectivity index (χ0v) is 18.5. The summed E-state index contributed by atoms with van der Waals surface area (Å²) in [5.74, 6) is -2.74. The Morgan fingerprint density at radius 3 is 2.36 bits per heavy atom. The number of esters is 2. The summed E-state index contributed by atoms with van der Waals surface area (Å²) in [6.07, 6.45) is 0. The number of nitro groups is 1. The lowest BCUT2D eigenvalue weighted by Crippen LogP contribution is -2.36. The van der Waals surface area contributed by atoms with Crippen LogP contribution >= 0.6 is 0 Å². The van der Waals surface area contributed by atoms with Crippen molar-refractivity contribution < 1.29 is 28.7 Å². The topological polar surface area (TPSA) is 117 Å². The lowest BCUT2D eigenvalue weighted by atomic mass is 9.75. The highest BCUT2D eigenvalue weighted by Crippen LogP contribution is 2.43. The van der Waals surface area contributed by atoms with Crippen LogP contribution in [-0.2, 0) is 19.1 Å². The molecule has 1 aliphatic rings. The number of ether oxygens (including phenoxy) is 3. The summed E-state index contributed by atoms with van der Waals surface area (Å²) in [4.78, 5) is 41.3. The fraction of sp³-hybridized carbons (Fsp3) is 0.292. The lowest BCUT2D eigenvalue weighted by Gasteiger charge is -2.31. The van der Waals surface area contributed by atoms with Gasteiger partial charge < -0.3 is 14.2 Å². The number of rotatable bonds is 8. The SMILES string of the molecule is COC(=O)C1C(C)=NC(C)=C(C(=O)OCCOc2ccccc2)C1c1ccccc1[N+](=O)[O-]. The second-order valence-electron chi connectivity index (χ2n) is 7.34. The third kappa shape index (κ3) is 5.25. The van der Waals surface area contributed by atoms with Crippen LogP contribution in [0, 0.1) is 16.0 Å². The van der Waals surface area contributed by atoms with E-state index in [0.29, 0.717) is 17.2 Å². The Bertz CT molecular complexity index is 1110. The van der Waals surface area contributed by atoms with Crippen molar-refractivity contribution in [3.63, 3.8) is 0 Å². The molecule has 9 nitrogen and oxygen atoms in total. The van der Waals surface area contributed by atoms with Gasteiger partial charge in [-0.2, -0.15) is 0 Å². The molecule has 0 aromatic heterocycles. The first-order chi connectivity index (χ1) is 15.8. The zero-order valence-electron chi connectivity index (χ0n) is 18.5. The van der Waals surface area contributed by atoms with Crippen molar-refractivity contribution in [3.05, 3.63) is 81.5 Å². The largest absolute Gasteiger partial charge is 0.490 e. The summed E-state index contributed by atoms with van der Waals surface area (Å²) in [5.41, 5.74) is 0.789. The normalized spacial score (nSPS) is 17.7. The molecule has 0 saturated heterocycles. The van der Waals surface area contributed by atoms with Gasteiger partial charge in [-0.3, -0.25) is 19.9 Å². The summed E-state index contributed by atoms with van der Waals surface area (Å²) in [5, 5.41) is 11.7. The second kappa shape index (κ2) is 10.5. The maximum atomic E-state index is 13.1. The van der Waals surface area contributed by atoms with E-state index >= 15 is 0 Å². The van der Waals surface area contributed by atoms with E-state index in [-0.39, 0.29) is 30.0 Å². The Labute approximate surface area is 190 Å². The number of carbonyl (C=O) groups is 2. The van der Waals surface area contributed by atoms with E-state index in [4.69, 9.17) is 14.2 Å². The summed E-state index contributed by atoms with van der Waals surface area (Å²) in [6.45, 7) is 3.29. The number of aliphatic imine (C=N–C) groups is 1. The maximum absolute atomic E-state index is 13.1. The number of para-hydroxylation sites is 2. The van der Waals surface area contributed by atoms with Crippen molar-refractivity contribution in [2.75, 3.05) is 20.3 Å². The second-order valence-corrected chi connectivity index (χ2v) is 7.34. The van der Waals surface area contributed by atoms with E-state index < -0.39 is 28.7 Å². The van der Waals surface area contributed by atoms with Crippen LogP contribution in [0.15, 0.2) is 70.9 Å². The molecule has 1 aliphatic heterocycles. The molecule has 33 heavy (non-hydrogen) atoms. The van der Waals surface area contributed by atoms with Crippen molar-refractivity contribution >= 4 is 23.3 Å². The van der Waals surface area contributed by atoms with Crippen molar-refractivity contribution in [3.8, 4) is 5.75 Å². The monoisotopic (exact) mass is 452 g/mol. The van der Waals surface area contributed by atoms with Crippen LogP contribution in [0.1, 0.15) is 25.3 Å². The van der Waals surface area contributed by atoms with Gasteiger partial charge in [-0.1, -0.05) is 36.4 Å². The molecular weight excluding hydrogens is 428 g/mol. The quantitative estimate of drug-likeness (QED) is 0.258. The molecular formula is C24H24N2O7. The predicted molar refractivity (Wildman–Crippen MR) is 120 cm³/mol. The fourth-order valence-corrected chi connectivity index (χ4v) is 3.88. The molecule has 2 unspecified atom stereocenters. The Morgan fingerprint density at radius 1 is 1.03 bits per heavy atom. The minimum absolute atomic E-state index is 0.0559. The van der Waals surface area contributed by atoms with Gasteiger partial charge in [0, 0.05) is 29.0 Å². The number of methoxy groups -OCH3 is 1. The standard InChI is InChI=1S/C24H24N2O7/c1-15-20(23(27)31-3)22(18-11-7-8-12-19(18)26(29)30)21(16(2)25-15)24(28)33-14-13-32-17-9-5-4-6-10-17/h4-12,20,22H,13-14H2,1-3H3. The first-order valence-corrected chi connectivity index (χ1v) is 10.3. The lowest BCUT2D eigenvalue weighted by molar-refractivity contribution is -0.385. The van der Waals surface area contributed by atoms with Crippen molar-refractivity contribution in [1.82, 2.24) is 0 Å². The summed E-state index contributed by atoms with van der Waals surface area (Å²) >= 11 is 0. The van der Waals surface area contributed by atoms with Gasteiger partial charge in [0.2, 0.25) is 0 Å². The molecule has 2 aromatic carbocycles. The third-order valence-electron chi connectivity index (χ3n) is 5.30. The van der Waals surface area contributed by atoms with Gasteiger partial charge in [0.25, 0.3) is 5.69 Å². The number of benzene rings is 2. The number of allylic oxidation sites excluding steroid dienone is 1. The van der Waals surface area contributed by atoms with E-state index in [1.165, 1.54) is 25.3 Å². The highest BCUT2D eigenvalue weighted by atomic mass is 16.6. The van der Waals surface area contributed by atoms with E-state index in [9.17, 15) is 19.7 Å². The molecule has 0 bridgehead atoms. The number of hydrogen-bond acceptors (Lipinski definition) is 8. The van der Waals surface area contributed by atoms with E-state index in [1.807, 2.05) is 18.2 Å². The summed E-state index contributed by atoms with van der Waals surface area (Å²) in [7, 11) is 1.22. The van der Waals surface area contributed by atoms with Gasteiger partial charge in [-0.25, -0.2) is 4.79 Å². The fourth-order valence-electron chi connectivity index (χ4n) is 3.88. The average Bonchev–Trinajstić information content (AvgIpc) is 2.81. The Balaban J connectivity index is 1.92. The first kappa shape index (κ1) is 23.6. The maximum Gasteiger partial charge on any atom is 0.336 e. The Kier molecular flexibility index (Phi) is 7.55. The number of nitrogens with zero attached hydrogens (tertiary/aromatic N) is 2. The molecule has 1 heterocycles. The molecule has 0 spiro atoms. The van der Waals surface area contributed by atoms with Crippen molar-refractivity contribution in [2.45, 2.75) is 19.8 Å². The van der Waals surface area contributed by atoms with Gasteiger partial charge >= 0.3 is 11.9 Å². The molecule has 0 amide bonds. The third-order valence-corrected chi connectivity index (χ3v) is 5.30. The molecule has 2 aromatic rings. The van der Waals surface area contributed by atoms with Crippen LogP contribution in [0.4, 0.5) is 5.69 Å². The molecule has 9 heteroatoms. The molecule has 172 valence electrons. The minimum atomic E-state index is -1.01. The highest BCUT2D eigenvalue weighted by Gasteiger charge is 2.44. The van der Waals surface area contributed by atoms with Gasteiger partial charge in [-0.15, -0.1) is 0 Å². The number of nitro benzene ring substituents is 1. The van der Waals surface area contributed by atoms with E-state index in [0.717, 1.165) is 0 Å². The van der Waals surface area contributed by atoms with Crippen molar-refractivity contribution in [1.29, 1.82) is 0 Å². The first-order valence-electron chi connectivity index (χ1n) is 10.3. The van der Waals surface area contributed by atoms with Crippen molar-refractivity contribution in [2.24, 2.45) is 10.9 Å². The van der Waals surface area contributed by atoms with Gasteiger partial charge in [0.15, 0.2) is 0 Å². The molecule has 2 atom stereocenters. The van der Waals surface area contributed by atoms with Crippen LogP contribution in [-0.4, -0.2) is 42.9 Å². The van der Waals surface area contributed by atoms with E-state index in [1.54, 1.807) is 32.0 Å². The van der Waals surface area contributed by atoms with Crippen LogP contribution in [0.25, 0.3) is 0 Å². The van der Waals surface area contributed by atoms with Gasteiger partial charge in [-0.05, 0) is 26.0 Å². The predicted octanol–water partition coefficient (Wildman–Crippen LogP) is 3.84. The Morgan fingerprint density at radius 2 is 1.70 bits per heavy atom. The summed E-state index contributed by atoms with van der Waals surface area (Å²) < 4.78 is 15.9. The molecule has 0 fully saturated rings. The molecule has 0 radical (unpaired) electrons. The highest BCUT2D eigenvalue weighted by molar-refractivity contribution is 6.07. The smallest absolute Gasteiger partial charge is 0.336 e. The van der Waals surface area contributed by atoms with Crippen LogP contribution in [0.2, 0.25) is 0 Å². The van der Waals surface area contributed by atoms with Crippen LogP contribution in [0.5, 0.6) is 5.75 Å². The van der Waals surface area contributed by atoms with Crippen LogP contribution < -0.4 is 4.74 Å². The Hall–Kier alpha value is -4.01. The van der Waals surface area contributed by atoms with Gasteiger partial charge in [0.1, 0.15) is 24.9 Å². The van der Waals surface area contributed by atoms with Crippen LogP contribution in [0.3, 0.4) is 0 Å². The molecule has 0 aliphatic carbocycles. The average molecular weight is 452 g/mol. The molecule has 0 N–H and O–H groups in total. The summed E-state index contributed by atoms with van der Waals surface area (Å²) in [6, 6.07) is 15.0.